The number of aryl methyl sites for hydroxylation is 1. The van der Waals surface area contributed by atoms with Gasteiger partial charge in [0.1, 0.15) is 0 Å². The van der Waals surface area contributed by atoms with Crippen LogP contribution in [0.1, 0.15) is 41.2 Å². The average molecular weight is 496 g/mol. The number of imidazole rings is 1. The van der Waals surface area contributed by atoms with Gasteiger partial charge >= 0.3 is 0 Å². The van der Waals surface area contributed by atoms with Gasteiger partial charge in [0, 0.05) is 25.7 Å². The highest BCUT2D eigenvalue weighted by molar-refractivity contribution is 6.04. The maximum atomic E-state index is 14.3. The molecule has 7 nitrogen and oxygen atoms in total. The second kappa shape index (κ2) is 11.0. The highest BCUT2D eigenvalue weighted by Crippen LogP contribution is 2.32. The smallest absolute Gasteiger partial charge is 0.261 e. The molecule has 1 aromatic heterocycles. The van der Waals surface area contributed by atoms with Crippen molar-refractivity contribution in [2.45, 2.75) is 32.2 Å². The minimum absolute atomic E-state index is 0.0580. The molecule has 2 amide bonds. The third-order valence-electron chi connectivity index (χ3n) is 6.39. The largest absolute Gasteiger partial charge is 0.337 e. The predicted octanol–water partition coefficient (Wildman–Crippen LogP) is 4.55. The van der Waals surface area contributed by atoms with Crippen LogP contribution in [-0.2, 0) is 4.79 Å². The third kappa shape index (κ3) is 5.46. The molecule has 0 bridgehead atoms. The van der Waals surface area contributed by atoms with E-state index in [0.717, 1.165) is 36.4 Å². The van der Waals surface area contributed by atoms with Crippen LogP contribution in [-0.4, -0.2) is 64.9 Å². The van der Waals surface area contributed by atoms with Crippen LogP contribution >= 0.6 is 0 Å². The Morgan fingerprint density at radius 2 is 1.94 bits per heavy atom. The van der Waals surface area contributed by atoms with Crippen molar-refractivity contribution >= 4 is 28.8 Å². The molecule has 1 atom stereocenters. The number of likely N-dealkylation sites (tertiary alicyclic amines) is 1. The molecule has 1 fully saturated rings. The van der Waals surface area contributed by atoms with E-state index >= 15 is 0 Å². The topological polar surface area (TPSA) is 70.5 Å². The van der Waals surface area contributed by atoms with Crippen molar-refractivity contribution in [1.29, 1.82) is 0 Å². The number of anilines is 1. The molecule has 2 heterocycles. The maximum Gasteiger partial charge on any atom is 0.261 e. The second-order valence-corrected chi connectivity index (χ2v) is 9.40. The molecule has 190 valence electrons. The lowest BCUT2D eigenvalue weighted by Gasteiger charge is -2.26. The van der Waals surface area contributed by atoms with Crippen molar-refractivity contribution in [2.24, 2.45) is 0 Å². The van der Waals surface area contributed by atoms with E-state index in [2.05, 4.69) is 10.3 Å². The Bertz CT molecular complexity index is 1300. The van der Waals surface area contributed by atoms with Gasteiger partial charge in [-0.15, -0.1) is 0 Å². The van der Waals surface area contributed by atoms with E-state index < -0.39 is 23.1 Å². The van der Waals surface area contributed by atoms with Gasteiger partial charge in [0.05, 0.1) is 22.6 Å². The van der Waals surface area contributed by atoms with Crippen molar-refractivity contribution in [2.75, 3.05) is 39.0 Å². The molecular formula is C27H31F2N5O2. The summed E-state index contributed by atoms with van der Waals surface area (Å²) in [6.45, 7) is 3.72. The molecule has 0 spiro atoms. The zero-order valence-electron chi connectivity index (χ0n) is 20.8. The highest BCUT2D eigenvalue weighted by Gasteiger charge is 2.27. The molecule has 36 heavy (non-hydrogen) atoms. The molecule has 3 aromatic rings. The number of hydrogen-bond acceptors (Lipinski definition) is 4. The predicted molar refractivity (Wildman–Crippen MR) is 136 cm³/mol. The van der Waals surface area contributed by atoms with Gasteiger partial charge in [-0.2, -0.15) is 0 Å². The molecule has 9 heteroatoms. The Morgan fingerprint density at radius 1 is 1.17 bits per heavy atom. The van der Waals surface area contributed by atoms with E-state index in [-0.39, 0.29) is 17.9 Å². The number of halogens is 2. The van der Waals surface area contributed by atoms with E-state index in [4.69, 9.17) is 0 Å². The molecular weight excluding hydrogens is 464 g/mol. The average Bonchev–Trinajstić information content (AvgIpc) is 3.02. The number of likely N-dealkylation sites (N-methyl/N-ethyl adjacent to an activating group) is 1. The first-order valence-electron chi connectivity index (χ1n) is 12.1. The van der Waals surface area contributed by atoms with Gasteiger partial charge in [-0.1, -0.05) is 24.3 Å². The summed E-state index contributed by atoms with van der Waals surface area (Å²) in [5, 5.41) is 2.70. The maximum absolute atomic E-state index is 14.3. The Balaban J connectivity index is 1.69. The number of aromatic nitrogens is 2. The number of para-hydroxylation sites is 1. The Hall–Kier alpha value is -3.59. The van der Waals surface area contributed by atoms with Crippen LogP contribution in [0.4, 0.5) is 14.7 Å². The number of carbonyl (C=O) groups is 2. The van der Waals surface area contributed by atoms with E-state index in [9.17, 15) is 18.4 Å². The normalized spacial score (nSPS) is 16.6. The van der Waals surface area contributed by atoms with Gasteiger partial charge in [0.25, 0.3) is 5.91 Å². The van der Waals surface area contributed by atoms with Gasteiger partial charge in [-0.05, 0) is 64.0 Å². The number of carbonyl (C=O) groups excluding carboxylic acids is 2. The van der Waals surface area contributed by atoms with Crippen molar-refractivity contribution in [1.82, 2.24) is 19.4 Å². The number of nitrogens with one attached hydrogen (secondary N) is 1. The Labute approximate surface area is 209 Å². The fraction of sp³-hybridized carbons (Fsp3) is 0.370. The van der Waals surface area contributed by atoms with Crippen LogP contribution in [0.15, 0.2) is 48.6 Å². The molecule has 1 saturated heterocycles. The zero-order valence-corrected chi connectivity index (χ0v) is 20.8. The SMILES string of the molecule is Cc1cccc2nc(NC(=O)c3cccc(F)c3F)n(C3CCCCN(C(=O)C=CCN(C)C)C3)c12. The van der Waals surface area contributed by atoms with Crippen LogP contribution < -0.4 is 5.32 Å². The molecule has 1 aliphatic heterocycles. The van der Waals surface area contributed by atoms with Crippen LogP contribution in [0.5, 0.6) is 0 Å². The number of nitrogens with zero attached hydrogens (tertiary/aromatic N) is 4. The van der Waals surface area contributed by atoms with Gasteiger partial charge in [0.2, 0.25) is 11.9 Å². The zero-order chi connectivity index (χ0) is 25.8. The molecule has 1 aliphatic rings. The summed E-state index contributed by atoms with van der Waals surface area (Å²) in [6, 6.07) is 9.03. The number of hydrogen-bond donors (Lipinski definition) is 1. The van der Waals surface area contributed by atoms with Crippen LogP contribution in [0, 0.1) is 18.6 Å². The minimum atomic E-state index is -1.20. The summed E-state index contributed by atoms with van der Waals surface area (Å²) in [7, 11) is 3.88. The summed E-state index contributed by atoms with van der Waals surface area (Å²) in [6.07, 6.45) is 5.99. The van der Waals surface area contributed by atoms with Crippen molar-refractivity contribution < 1.29 is 18.4 Å². The fourth-order valence-electron chi connectivity index (χ4n) is 4.61. The van der Waals surface area contributed by atoms with E-state index in [1.54, 1.807) is 6.08 Å². The summed E-state index contributed by atoms with van der Waals surface area (Å²) in [5.74, 6) is -2.89. The standard InChI is InChI=1S/C27H31F2N5O2/c1-18-9-6-13-22-25(18)34(27(30-22)31-26(36)20-11-7-12-21(28)24(20)29)19-10-4-5-16-33(17-19)23(35)14-8-15-32(2)3/h6-9,11-14,19H,4-5,10,15-17H2,1-3H3,(H,30,31,36). The second-order valence-electron chi connectivity index (χ2n) is 9.40. The lowest BCUT2D eigenvalue weighted by atomic mass is 10.1. The lowest BCUT2D eigenvalue weighted by molar-refractivity contribution is -0.126. The first kappa shape index (κ1) is 25.5. The minimum Gasteiger partial charge on any atom is -0.337 e. The summed E-state index contributed by atoms with van der Waals surface area (Å²) in [4.78, 5) is 34.3. The first-order valence-corrected chi connectivity index (χ1v) is 12.1. The van der Waals surface area contributed by atoms with Crippen LogP contribution in [0.25, 0.3) is 11.0 Å². The lowest BCUT2D eigenvalue weighted by Crippen LogP contribution is -2.35. The molecule has 0 aliphatic carbocycles. The van der Waals surface area contributed by atoms with Crippen molar-refractivity contribution in [3.8, 4) is 0 Å². The molecule has 2 aromatic carbocycles. The van der Waals surface area contributed by atoms with Crippen molar-refractivity contribution in [3.63, 3.8) is 0 Å². The first-order chi connectivity index (χ1) is 17.3. The molecule has 1 unspecified atom stereocenters. The quantitative estimate of drug-likeness (QED) is 0.510. The van der Waals surface area contributed by atoms with E-state index in [0.29, 0.717) is 25.2 Å². The van der Waals surface area contributed by atoms with E-state index in [1.807, 2.05) is 59.7 Å². The third-order valence-corrected chi connectivity index (χ3v) is 6.39. The van der Waals surface area contributed by atoms with Crippen LogP contribution in [0.2, 0.25) is 0 Å². The molecule has 0 saturated carbocycles. The Kier molecular flexibility index (Phi) is 7.79. The number of fused-ring (bicyclic) bond motifs is 1. The van der Waals surface area contributed by atoms with Gasteiger partial charge in [-0.25, -0.2) is 13.8 Å². The van der Waals surface area contributed by atoms with Crippen molar-refractivity contribution in [3.05, 3.63) is 71.3 Å². The summed E-state index contributed by atoms with van der Waals surface area (Å²) >= 11 is 0. The molecule has 1 N–H and O–H groups in total. The van der Waals surface area contributed by atoms with Gasteiger partial charge in [0.15, 0.2) is 11.6 Å². The fourth-order valence-corrected chi connectivity index (χ4v) is 4.61. The molecule has 4 rings (SSSR count). The number of amides is 2. The monoisotopic (exact) mass is 495 g/mol. The Morgan fingerprint density at radius 3 is 2.72 bits per heavy atom. The number of rotatable bonds is 6. The number of benzene rings is 2. The molecule has 0 radical (unpaired) electrons. The van der Waals surface area contributed by atoms with Crippen LogP contribution in [0.3, 0.4) is 0 Å². The van der Waals surface area contributed by atoms with Gasteiger partial charge < -0.3 is 14.4 Å². The summed E-state index contributed by atoms with van der Waals surface area (Å²) in [5.41, 5.74) is 2.09. The summed E-state index contributed by atoms with van der Waals surface area (Å²) < 4.78 is 30.0. The van der Waals surface area contributed by atoms with E-state index in [1.165, 1.54) is 12.1 Å². The highest BCUT2D eigenvalue weighted by atomic mass is 19.2. The van der Waals surface area contributed by atoms with Gasteiger partial charge in [-0.3, -0.25) is 14.9 Å².